The fourth-order valence-corrected chi connectivity index (χ4v) is 2.94. The second-order valence-electron chi connectivity index (χ2n) is 6.09. The minimum absolute atomic E-state index is 0.0367. The standard InChI is InChI=1S/C19H23N3O2/c1-24-17-10-8-16(9-11-17)21-18-12-7-14(13-20-18)19(23)22-15-5-3-2-4-6-15/h7-13,15H,2-6H2,1H3,(H,20,21)(H,22,23). The van der Waals surface area contributed by atoms with Crippen molar-refractivity contribution in [2.75, 3.05) is 12.4 Å². The van der Waals surface area contributed by atoms with Gasteiger partial charge in [-0.1, -0.05) is 19.3 Å². The topological polar surface area (TPSA) is 63.2 Å². The van der Waals surface area contributed by atoms with Gasteiger partial charge < -0.3 is 15.4 Å². The Morgan fingerprint density at radius 1 is 1.08 bits per heavy atom. The van der Waals surface area contributed by atoms with Gasteiger partial charge in [-0.15, -0.1) is 0 Å². The number of anilines is 2. The summed E-state index contributed by atoms with van der Waals surface area (Å²) < 4.78 is 5.14. The number of methoxy groups -OCH3 is 1. The van der Waals surface area contributed by atoms with E-state index in [1.54, 1.807) is 19.4 Å². The van der Waals surface area contributed by atoms with Gasteiger partial charge in [-0.25, -0.2) is 4.98 Å². The lowest BCUT2D eigenvalue weighted by Gasteiger charge is -2.22. The van der Waals surface area contributed by atoms with Crippen molar-refractivity contribution in [2.45, 2.75) is 38.1 Å². The van der Waals surface area contributed by atoms with E-state index in [0.717, 1.165) is 24.3 Å². The molecule has 1 aromatic carbocycles. The molecule has 0 aliphatic heterocycles. The molecule has 0 radical (unpaired) electrons. The summed E-state index contributed by atoms with van der Waals surface area (Å²) in [5.74, 6) is 1.48. The first-order chi connectivity index (χ1) is 11.7. The number of carbonyl (C=O) groups is 1. The van der Waals surface area contributed by atoms with Gasteiger partial charge in [0, 0.05) is 17.9 Å². The molecule has 0 bridgehead atoms. The normalized spacial score (nSPS) is 14.9. The molecule has 2 aromatic rings. The van der Waals surface area contributed by atoms with Crippen LogP contribution in [0, 0.1) is 0 Å². The van der Waals surface area contributed by atoms with Gasteiger partial charge in [0.15, 0.2) is 0 Å². The molecule has 1 saturated carbocycles. The van der Waals surface area contributed by atoms with Gasteiger partial charge in [-0.3, -0.25) is 4.79 Å². The van der Waals surface area contributed by atoms with Crippen LogP contribution >= 0.6 is 0 Å². The monoisotopic (exact) mass is 325 g/mol. The van der Waals surface area contributed by atoms with Crippen LogP contribution in [0.15, 0.2) is 42.6 Å². The van der Waals surface area contributed by atoms with Gasteiger partial charge in [-0.2, -0.15) is 0 Å². The molecule has 1 heterocycles. The highest BCUT2D eigenvalue weighted by Crippen LogP contribution is 2.20. The highest BCUT2D eigenvalue weighted by Gasteiger charge is 2.16. The van der Waals surface area contributed by atoms with E-state index in [4.69, 9.17) is 4.74 Å². The van der Waals surface area contributed by atoms with E-state index in [9.17, 15) is 4.79 Å². The number of hydrogen-bond acceptors (Lipinski definition) is 4. The summed E-state index contributed by atoms with van der Waals surface area (Å²) in [5.41, 5.74) is 1.52. The maximum atomic E-state index is 12.3. The predicted molar refractivity (Wildman–Crippen MR) is 94.9 cm³/mol. The second kappa shape index (κ2) is 7.81. The Bertz CT molecular complexity index is 662. The molecule has 1 amide bonds. The minimum Gasteiger partial charge on any atom is -0.497 e. The summed E-state index contributed by atoms with van der Waals surface area (Å²) in [6, 6.07) is 11.5. The van der Waals surface area contributed by atoms with E-state index >= 15 is 0 Å². The van der Waals surface area contributed by atoms with Crippen molar-refractivity contribution in [3.8, 4) is 5.75 Å². The van der Waals surface area contributed by atoms with E-state index < -0.39 is 0 Å². The van der Waals surface area contributed by atoms with Crippen molar-refractivity contribution >= 4 is 17.4 Å². The summed E-state index contributed by atoms with van der Waals surface area (Å²) in [6.07, 6.45) is 7.46. The van der Waals surface area contributed by atoms with Gasteiger partial charge in [0.1, 0.15) is 11.6 Å². The van der Waals surface area contributed by atoms with Crippen LogP contribution in [0.1, 0.15) is 42.5 Å². The molecule has 1 aliphatic rings. The van der Waals surface area contributed by atoms with Gasteiger partial charge >= 0.3 is 0 Å². The summed E-state index contributed by atoms with van der Waals surface area (Å²) in [6.45, 7) is 0. The quantitative estimate of drug-likeness (QED) is 0.875. The van der Waals surface area contributed by atoms with E-state index in [-0.39, 0.29) is 5.91 Å². The van der Waals surface area contributed by atoms with Crippen molar-refractivity contribution in [1.82, 2.24) is 10.3 Å². The predicted octanol–water partition coefficient (Wildman–Crippen LogP) is 3.90. The van der Waals surface area contributed by atoms with Crippen molar-refractivity contribution in [1.29, 1.82) is 0 Å². The Morgan fingerprint density at radius 2 is 1.83 bits per heavy atom. The molecule has 0 saturated heterocycles. The number of ether oxygens (including phenoxy) is 1. The molecule has 0 unspecified atom stereocenters. The number of pyridine rings is 1. The lowest BCUT2D eigenvalue weighted by molar-refractivity contribution is 0.0927. The van der Waals surface area contributed by atoms with Crippen molar-refractivity contribution < 1.29 is 9.53 Å². The molecule has 5 heteroatoms. The van der Waals surface area contributed by atoms with Crippen LogP contribution in [0.3, 0.4) is 0 Å². The highest BCUT2D eigenvalue weighted by molar-refractivity contribution is 5.94. The number of aromatic nitrogens is 1. The number of rotatable bonds is 5. The molecule has 0 atom stereocenters. The van der Waals surface area contributed by atoms with Gasteiger partial charge in [0.25, 0.3) is 5.91 Å². The Balaban J connectivity index is 1.58. The number of amides is 1. The smallest absolute Gasteiger partial charge is 0.253 e. The Kier molecular flexibility index (Phi) is 5.31. The van der Waals surface area contributed by atoms with E-state index in [1.807, 2.05) is 30.3 Å². The zero-order valence-corrected chi connectivity index (χ0v) is 13.9. The summed E-state index contributed by atoms with van der Waals surface area (Å²) in [7, 11) is 1.64. The average molecular weight is 325 g/mol. The van der Waals surface area contributed by atoms with Gasteiger partial charge in [0.05, 0.1) is 12.7 Å². The zero-order valence-electron chi connectivity index (χ0n) is 13.9. The first kappa shape index (κ1) is 16.3. The summed E-state index contributed by atoms with van der Waals surface area (Å²) >= 11 is 0. The third-order valence-corrected chi connectivity index (χ3v) is 4.33. The molecule has 24 heavy (non-hydrogen) atoms. The van der Waals surface area contributed by atoms with Crippen LogP contribution in [0.2, 0.25) is 0 Å². The number of carbonyl (C=O) groups excluding carboxylic acids is 1. The van der Waals surface area contributed by atoms with Crippen molar-refractivity contribution in [3.63, 3.8) is 0 Å². The molecular weight excluding hydrogens is 302 g/mol. The SMILES string of the molecule is COc1ccc(Nc2ccc(C(=O)NC3CCCCC3)cn2)cc1. The highest BCUT2D eigenvalue weighted by atomic mass is 16.5. The Morgan fingerprint density at radius 3 is 2.46 bits per heavy atom. The fraction of sp³-hybridized carbons (Fsp3) is 0.368. The van der Waals surface area contributed by atoms with Crippen LogP contribution < -0.4 is 15.4 Å². The van der Waals surface area contributed by atoms with Crippen LogP contribution in [0.4, 0.5) is 11.5 Å². The van der Waals surface area contributed by atoms with E-state index in [0.29, 0.717) is 17.4 Å². The molecule has 5 nitrogen and oxygen atoms in total. The van der Waals surface area contributed by atoms with Crippen LogP contribution in [0.25, 0.3) is 0 Å². The number of nitrogens with one attached hydrogen (secondary N) is 2. The van der Waals surface area contributed by atoms with Crippen LogP contribution in [0.5, 0.6) is 5.75 Å². The fourth-order valence-electron chi connectivity index (χ4n) is 2.94. The van der Waals surface area contributed by atoms with Gasteiger partial charge in [-0.05, 0) is 49.2 Å². The molecule has 126 valence electrons. The third-order valence-electron chi connectivity index (χ3n) is 4.33. The second-order valence-corrected chi connectivity index (χ2v) is 6.09. The number of nitrogens with zero attached hydrogens (tertiary/aromatic N) is 1. The lowest BCUT2D eigenvalue weighted by atomic mass is 9.95. The number of benzene rings is 1. The molecule has 2 N–H and O–H groups in total. The summed E-state index contributed by atoms with van der Waals surface area (Å²) in [4.78, 5) is 16.6. The van der Waals surface area contributed by atoms with Crippen molar-refractivity contribution in [2.24, 2.45) is 0 Å². The molecule has 3 rings (SSSR count). The molecule has 1 aromatic heterocycles. The van der Waals surface area contributed by atoms with Gasteiger partial charge in [0.2, 0.25) is 0 Å². The maximum Gasteiger partial charge on any atom is 0.253 e. The summed E-state index contributed by atoms with van der Waals surface area (Å²) in [5, 5.41) is 6.31. The largest absolute Gasteiger partial charge is 0.497 e. The molecule has 0 spiro atoms. The third kappa shape index (κ3) is 4.25. The molecule has 1 aliphatic carbocycles. The van der Waals surface area contributed by atoms with Crippen LogP contribution in [-0.4, -0.2) is 24.0 Å². The van der Waals surface area contributed by atoms with E-state index in [2.05, 4.69) is 15.6 Å². The molecular formula is C19H23N3O2. The minimum atomic E-state index is -0.0367. The Labute approximate surface area is 142 Å². The first-order valence-electron chi connectivity index (χ1n) is 8.42. The number of hydrogen-bond donors (Lipinski definition) is 2. The lowest BCUT2D eigenvalue weighted by Crippen LogP contribution is -2.36. The maximum absolute atomic E-state index is 12.3. The van der Waals surface area contributed by atoms with Crippen LogP contribution in [-0.2, 0) is 0 Å². The van der Waals surface area contributed by atoms with E-state index in [1.165, 1.54) is 19.3 Å². The van der Waals surface area contributed by atoms with Crippen molar-refractivity contribution in [3.05, 3.63) is 48.2 Å². The zero-order chi connectivity index (χ0) is 16.8. The Hall–Kier alpha value is -2.56. The molecule has 1 fully saturated rings. The average Bonchev–Trinajstić information content (AvgIpc) is 2.64. The first-order valence-corrected chi connectivity index (χ1v) is 8.42.